The fourth-order valence-corrected chi connectivity index (χ4v) is 4.80. The number of nitrogens with zero attached hydrogens (tertiary/aromatic N) is 2. The number of carbonyl (C=O) groups is 1. The molecule has 3 fully saturated rings. The highest BCUT2D eigenvalue weighted by Gasteiger charge is 2.30. The molecule has 3 aliphatic rings. The summed E-state index contributed by atoms with van der Waals surface area (Å²) in [6, 6.07) is 1.25. The summed E-state index contributed by atoms with van der Waals surface area (Å²) in [5, 5.41) is 13.0. The Balaban J connectivity index is 1.17. The first-order chi connectivity index (χ1) is 14.6. The molecule has 0 bridgehead atoms. The van der Waals surface area contributed by atoms with E-state index in [1.807, 2.05) is 4.90 Å². The first-order valence-electron chi connectivity index (χ1n) is 10.9. The highest BCUT2D eigenvalue weighted by molar-refractivity contribution is 6.33. The zero-order chi connectivity index (χ0) is 20.9. The molecule has 1 aromatic rings. The van der Waals surface area contributed by atoms with Gasteiger partial charge in [-0.25, -0.2) is 9.89 Å². The minimum absolute atomic E-state index is 0.112. The number of halogens is 1. The van der Waals surface area contributed by atoms with E-state index in [4.69, 9.17) is 21.1 Å². The molecule has 0 radical (unpaired) electrons. The average Bonchev–Trinajstić information content (AvgIpc) is 3.20. The summed E-state index contributed by atoms with van der Waals surface area (Å²) in [6.07, 6.45) is 7.84. The Kier molecular flexibility index (Phi) is 7.12. The van der Waals surface area contributed by atoms with Crippen LogP contribution in [0.5, 0.6) is 0 Å². The van der Waals surface area contributed by atoms with Crippen LogP contribution < -0.4 is 21.1 Å². The predicted molar refractivity (Wildman–Crippen MR) is 113 cm³/mol. The van der Waals surface area contributed by atoms with Gasteiger partial charge in [-0.1, -0.05) is 11.6 Å². The molecule has 2 saturated heterocycles. The molecule has 3 N–H and O–H groups in total. The number of hydrogen-bond donors (Lipinski definition) is 3. The van der Waals surface area contributed by atoms with E-state index in [9.17, 15) is 9.59 Å². The van der Waals surface area contributed by atoms with E-state index in [0.717, 1.165) is 51.7 Å². The van der Waals surface area contributed by atoms with E-state index in [1.54, 1.807) is 0 Å². The highest BCUT2D eigenvalue weighted by Crippen LogP contribution is 2.26. The topological polar surface area (TPSA) is 109 Å². The minimum atomic E-state index is -0.418. The van der Waals surface area contributed by atoms with Crippen LogP contribution in [0.1, 0.15) is 44.9 Å². The molecule has 4 rings (SSSR count). The van der Waals surface area contributed by atoms with Gasteiger partial charge in [-0.2, -0.15) is 5.10 Å². The van der Waals surface area contributed by atoms with Crippen LogP contribution in [0.15, 0.2) is 11.0 Å². The Morgan fingerprint density at radius 2 is 1.83 bits per heavy atom. The molecule has 0 spiro atoms. The lowest BCUT2D eigenvalue weighted by molar-refractivity contribution is 0.0720. The van der Waals surface area contributed by atoms with Crippen molar-refractivity contribution in [2.24, 2.45) is 0 Å². The lowest BCUT2D eigenvalue weighted by Gasteiger charge is -2.33. The Labute approximate surface area is 180 Å². The second-order valence-corrected chi connectivity index (χ2v) is 8.78. The largest absolute Gasteiger partial charge is 0.444 e. The second kappa shape index (κ2) is 9.98. The van der Waals surface area contributed by atoms with Gasteiger partial charge in [0.15, 0.2) is 0 Å². The molecule has 1 atom stereocenters. The summed E-state index contributed by atoms with van der Waals surface area (Å²) in [5.41, 5.74) is 0.153. The number of ether oxygens (including phenoxy) is 2. The molecule has 2 aliphatic heterocycles. The van der Waals surface area contributed by atoms with E-state index in [0.29, 0.717) is 37.3 Å². The van der Waals surface area contributed by atoms with E-state index in [-0.39, 0.29) is 23.3 Å². The third-order valence-electron chi connectivity index (χ3n) is 6.28. The lowest BCUT2D eigenvalue weighted by atomic mass is 9.90. The van der Waals surface area contributed by atoms with Gasteiger partial charge in [-0.15, -0.1) is 0 Å². The van der Waals surface area contributed by atoms with Gasteiger partial charge in [0.2, 0.25) is 0 Å². The van der Waals surface area contributed by atoms with Crippen LogP contribution in [-0.4, -0.2) is 66.8 Å². The zero-order valence-electron chi connectivity index (χ0n) is 17.1. The highest BCUT2D eigenvalue weighted by atomic mass is 35.5. The van der Waals surface area contributed by atoms with Gasteiger partial charge >= 0.3 is 6.09 Å². The van der Waals surface area contributed by atoms with Crippen molar-refractivity contribution in [2.45, 2.75) is 69.2 Å². The quantitative estimate of drug-likeness (QED) is 0.641. The van der Waals surface area contributed by atoms with Crippen LogP contribution in [0.2, 0.25) is 5.02 Å². The number of alkyl carbamates (subject to hydrolysis) is 1. The van der Waals surface area contributed by atoms with Gasteiger partial charge in [0.25, 0.3) is 5.56 Å². The van der Waals surface area contributed by atoms with Crippen molar-refractivity contribution in [3.63, 3.8) is 0 Å². The number of nitrogens with one attached hydrogen (secondary N) is 3. The zero-order valence-corrected chi connectivity index (χ0v) is 17.8. The Morgan fingerprint density at radius 3 is 2.60 bits per heavy atom. The maximum atomic E-state index is 12.4. The van der Waals surface area contributed by atoms with Crippen LogP contribution in [0.3, 0.4) is 0 Å². The van der Waals surface area contributed by atoms with Crippen molar-refractivity contribution in [1.29, 1.82) is 0 Å². The fourth-order valence-electron chi connectivity index (χ4n) is 4.59. The van der Waals surface area contributed by atoms with E-state index >= 15 is 0 Å². The molecule has 166 valence electrons. The lowest BCUT2D eigenvalue weighted by Crippen LogP contribution is -2.47. The van der Waals surface area contributed by atoms with Crippen molar-refractivity contribution in [3.05, 3.63) is 21.6 Å². The van der Waals surface area contributed by atoms with Crippen molar-refractivity contribution in [3.8, 4) is 0 Å². The van der Waals surface area contributed by atoms with Crippen molar-refractivity contribution in [1.82, 2.24) is 20.8 Å². The van der Waals surface area contributed by atoms with Crippen LogP contribution in [0, 0.1) is 0 Å². The Morgan fingerprint density at radius 1 is 1.13 bits per heavy atom. The monoisotopic (exact) mass is 439 g/mol. The minimum Gasteiger partial charge on any atom is -0.444 e. The van der Waals surface area contributed by atoms with Crippen molar-refractivity contribution >= 4 is 23.4 Å². The second-order valence-electron chi connectivity index (χ2n) is 8.41. The normalized spacial score (nSPS) is 27.8. The first kappa shape index (κ1) is 21.4. The summed E-state index contributed by atoms with van der Waals surface area (Å²) in [7, 11) is 0. The number of amides is 1. The smallest absolute Gasteiger partial charge is 0.407 e. The molecule has 0 unspecified atom stereocenters. The molecule has 0 aromatic carbocycles. The molecule has 1 saturated carbocycles. The number of carbonyl (C=O) groups excluding carboxylic acids is 1. The third-order valence-corrected chi connectivity index (χ3v) is 6.64. The van der Waals surface area contributed by atoms with Crippen molar-refractivity contribution in [2.75, 3.05) is 31.2 Å². The molecule has 10 heteroatoms. The number of aromatic amines is 1. The van der Waals surface area contributed by atoms with Crippen LogP contribution in [-0.2, 0) is 9.47 Å². The predicted octanol–water partition coefficient (Wildman–Crippen LogP) is 1.81. The molecule has 30 heavy (non-hydrogen) atoms. The Hall–Kier alpha value is -1.84. The molecule has 9 nitrogen and oxygen atoms in total. The summed E-state index contributed by atoms with van der Waals surface area (Å²) in [4.78, 5) is 25.9. The third kappa shape index (κ3) is 5.44. The summed E-state index contributed by atoms with van der Waals surface area (Å²) in [6.45, 7) is 2.86. The molecule has 1 aliphatic carbocycles. The van der Waals surface area contributed by atoms with Crippen LogP contribution >= 0.6 is 11.6 Å². The van der Waals surface area contributed by atoms with Gasteiger partial charge < -0.3 is 25.0 Å². The van der Waals surface area contributed by atoms with Gasteiger partial charge in [-0.05, 0) is 38.5 Å². The summed E-state index contributed by atoms with van der Waals surface area (Å²) < 4.78 is 11.0. The van der Waals surface area contributed by atoms with Crippen LogP contribution in [0.4, 0.5) is 10.5 Å². The van der Waals surface area contributed by atoms with E-state index in [1.165, 1.54) is 6.20 Å². The Bertz CT molecular complexity index is 777. The molecule has 3 heterocycles. The number of H-pyrrole nitrogens is 1. The van der Waals surface area contributed by atoms with Gasteiger partial charge in [0.1, 0.15) is 11.1 Å². The molecular weight excluding hydrogens is 410 g/mol. The summed E-state index contributed by atoms with van der Waals surface area (Å²) in [5.74, 6) is 0. The maximum Gasteiger partial charge on any atom is 0.407 e. The summed E-state index contributed by atoms with van der Waals surface area (Å²) >= 11 is 6.07. The van der Waals surface area contributed by atoms with E-state index < -0.39 is 5.56 Å². The molecular formula is C20H30ClN5O4. The van der Waals surface area contributed by atoms with Gasteiger partial charge in [0, 0.05) is 44.3 Å². The number of anilines is 1. The van der Waals surface area contributed by atoms with E-state index in [2.05, 4.69) is 20.8 Å². The molecule has 1 amide bonds. The van der Waals surface area contributed by atoms with Crippen LogP contribution in [0.25, 0.3) is 0 Å². The SMILES string of the molecule is O=C(NC1CCC(NC2CCOCC2)CC1)O[C@@H]1CCN(c2cn[nH]c(=O)c2Cl)C1. The standard InChI is InChI=1S/C20H30ClN5O4/c21-18-17(11-22-25-19(18)27)26-8-5-16(12-26)30-20(28)24-14-3-1-13(2-4-14)23-15-6-9-29-10-7-15/h11,13-16,23H,1-10,12H2,(H,24,28)(H,25,27)/t13?,14?,16-/m1/s1. The fraction of sp³-hybridized carbons (Fsp3) is 0.750. The van der Waals surface area contributed by atoms with Gasteiger partial charge in [0.05, 0.1) is 18.4 Å². The first-order valence-corrected chi connectivity index (χ1v) is 11.3. The number of rotatable bonds is 5. The average molecular weight is 440 g/mol. The maximum absolute atomic E-state index is 12.4. The van der Waals surface area contributed by atoms with Gasteiger partial charge in [-0.3, -0.25) is 4.79 Å². The molecule has 1 aromatic heterocycles. The van der Waals surface area contributed by atoms with Crippen molar-refractivity contribution < 1.29 is 14.3 Å². The number of aromatic nitrogens is 2. The number of hydrogen-bond acceptors (Lipinski definition) is 7.